The molecule has 0 spiro atoms. The first-order valence-electron chi connectivity index (χ1n) is 0. The molecule has 0 N–H and O–H groups in total. The van der Waals surface area contributed by atoms with Crippen LogP contribution in [-0.2, 0) is 0 Å². The smallest absolute Gasteiger partial charge is 1.00 e. The van der Waals surface area contributed by atoms with Crippen molar-refractivity contribution >= 4 is 37.7 Å². The standard InChI is InChI=1S/Ca.4ClH/h;4*1H/q+2;;;;/p-4. The van der Waals surface area contributed by atoms with Gasteiger partial charge in [0.25, 0.3) is 0 Å². The molecule has 0 saturated heterocycles. The Labute approximate surface area is 86.1 Å². The van der Waals surface area contributed by atoms with Gasteiger partial charge < -0.3 is 49.6 Å². The normalized spacial score (nSPS) is 0. The fourth-order valence-corrected chi connectivity index (χ4v) is 0. The van der Waals surface area contributed by atoms with Crippen molar-refractivity contribution < 1.29 is 49.6 Å². The van der Waals surface area contributed by atoms with E-state index < -0.39 is 0 Å². The van der Waals surface area contributed by atoms with Crippen molar-refractivity contribution in [1.29, 1.82) is 0 Å². The molecular formula is CaCl4-2. The van der Waals surface area contributed by atoms with E-state index in [0.717, 1.165) is 0 Å². The molecule has 0 radical (unpaired) electrons. The van der Waals surface area contributed by atoms with Crippen LogP contribution in [0.25, 0.3) is 0 Å². The van der Waals surface area contributed by atoms with E-state index >= 15 is 0 Å². The Morgan fingerprint density at radius 2 is 0.400 bits per heavy atom. The van der Waals surface area contributed by atoms with Crippen LogP contribution in [0, 0.1) is 0 Å². The molecule has 0 rings (SSSR count). The number of rotatable bonds is 0. The Balaban J connectivity index is 0. The first kappa shape index (κ1) is 52.2. The minimum Gasteiger partial charge on any atom is -1.00 e. The first-order chi connectivity index (χ1) is 0. The van der Waals surface area contributed by atoms with E-state index in [9.17, 15) is 0 Å². The van der Waals surface area contributed by atoms with Crippen molar-refractivity contribution in [1.82, 2.24) is 0 Å². The third-order valence-electron chi connectivity index (χ3n) is 0. The Morgan fingerprint density at radius 1 is 0.400 bits per heavy atom. The van der Waals surface area contributed by atoms with E-state index in [4.69, 9.17) is 0 Å². The van der Waals surface area contributed by atoms with Crippen molar-refractivity contribution in [3.05, 3.63) is 0 Å². The minimum atomic E-state index is 0. The van der Waals surface area contributed by atoms with Crippen molar-refractivity contribution in [2.45, 2.75) is 0 Å². The van der Waals surface area contributed by atoms with Crippen LogP contribution in [0.5, 0.6) is 0 Å². The third-order valence-corrected chi connectivity index (χ3v) is 0. The predicted octanol–water partition coefficient (Wildman–Crippen LogP) is -12.4. The van der Waals surface area contributed by atoms with E-state index in [1.807, 2.05) is 0 Å². The van der Waals surface area contributed by atoms with E-state index in [2.05, 4.69) is 0 Å². The zero-order valence-corrected chi connectivity index (χ0v) is 7.45. The quantitative estimate of drug-likeness (QED) is 0.326. The number of hydrogen-bond donors (Lipinski definition) is 0. The molecule has 0 amide bonds. The first-order valence-corrected chi connectivity index (χ1v) is 0. The van der Waals surface area contributed by atoms with Gasteiger partial charge in [-0.2, -0.15) is 0 Å². The van der Waals surface area contributed by atoms with Gasteiger partial charge >= 0.3 is 37.7 Å². The monoisotopic (exact) mass is 180 g/mol. The molecule has 0 aliphatic heterocycles. The van der Waals surface area contributed by atoms with Crippen LogP contribution < -0.4 is 49.6 Å². The molecule has 0 aliphatic carbocycles. The number of halogens is 4. The van der Waals surface area contributed by atoms with Crippen LogP contribution in [0.3, 0.4) is 0 Å². The molecule has 0 aromatic heterocycles. The second-order valence-corrected chi connectivity index (χ2v) is 0. The fourth-order valence-electron chi connectivity index (χ4n) is 0. The van der Waals surface area contributed by atoms with Crippen LogP contribution in [0.4, 0.5) is 0 Å². The summed E-state index contributed by atoms with van der Waals surface area (Å²) in [4.78, 5) is 0. The summed E-state index contributed by atoms with van der Waals surface area (Å²) < 4.78 is 0. The minimum absolute atomic E-state index is 0. The molecule has 5 heavy (non-hydrogen) atoms. The van der Waals surface area contributed by atoms with E-state index in [0.29, 0.717) is 0 Å². The summed E-state index contributed by atoms with van der Waals surface area (Å²) in [5, 5.41) is 0. The fraction of sp³-hybridized carbons (Fsp3) is 0. The Kier molecular flexibility index (Phi) is 336. The molecule has 0 atom stereocenters. The van der Waals surface area contributed by atoms with Crippen LogP contribution >= 0.6 is 0 Å². The molecule has 0 fully saturated rings. The largest absolute Gasteiger partial charge is 2.00 e. The van der Waals surface area contributed by atoms with Crippen molar-refractivity contribution in [2.24, 2.45) is 0 Å². The Hall–Kier alpha value is 2.42. The summed E-state index contributed by atoms with van der Waals surface area (Å²) in [6, 6.07) is 0. The molecule has 0 saturated carbocycles. The van der Waals surface area contributed by atoms with E-state index in [1.54, 1.807) is 0 Å². The van der Waals surface area contributed by atoms with Crippen LogP contribution in [-0.4, -0.2) is 37.7 Å². The summed E-state index contributed by atoms with van der Waals surface area (Å²) in [5.41, 5.74) is 0. The second-order valence-electron chi connectivity index (χ2n) is 0. The van der Waals surface area contributed by atoms with E-state index in [1.165, 1.54) is 0 Å². The summed E-state index contributed by atoms with van der Waals surface area (Å²) in [5.74, 6) is 0. The second kappa shape index (κ2) is 32.2. The maximum absolute atomic E-state index is 0. The molecule has 0 aromatic carbocycles. The molecular weight excluding hydrogens is 182 g/mol. The van der Waals surface area contributed by atoms with Gasteiger partial charge in [-0.05, 0) is 0 Å². The molecule has 32 valence electrons. The van der Waals surface area contributed by atoms with Crippen LogP contribution in [0.15, 0.2) is 0 Å². The predicted molar refractivity (Wildman–Crippen MR) is 5.75 cm³/mol. The molecule has 0 heterocycles. The maximum Gasteiger partial charge on any atom is 2.00 e. The molecule has 0 aromatic rings. The average Bonchev–Trinajstić information content (AvgIpc) is 0. The van der Waals surface area contributed by atoms with Gasteiger partial charge in [-0.1, -0.05) is 0 Å². The summed E-state index contributed by atoms with van der Waals surface area (Å²) in [6.07, 6.45) is 0. The van der Waals surface area contributed by atoms with Gasteiger partial charge in [-0.25, -0.2) is 0 Å². The van der Waals surface area contributed by atoms with Gasteiger partial charge in [0.1, 0.15) is 0 Å². The van der Waals surface area contributed by atoms with Crippen molar-refractivity contribution in [3.8, 4) is 0 Å². The van der Waals surface area contributed by atoms with Crippen LogP contribution in [0.1, 0.15) is 0 Å². The molecule has 0 nitrogen and oxygen atoms in total. The van der Waals surface area contributed by atoms with Gasteiger partial charge in [0, 0.05) is 0 Å². The Bertz CT molecular complexity index is 3.61. The SMILES string of the molecule is [Ca+2].[Cl-].[Cl-].[Cl-].[Cl-]. The number of hydrogen-bond acceptors (Lipinski definition) is 0. The average molecular weight is 182 g/mol. The zero-order chi connectivity index (χ0) is 0. The molecule has 0 bridgehead atoms. The van der Waals surface area contributed by atoms with Gasteiger partial charge in [0.05, 0.1) is 0 Å². The Morgan fingerprint density at radius 3 is 0.400 bits per heavy atom. The van der Waals surface area contributed by atoms with Crippen molar-refractivity contribution in [3.63, 3.8) is 0 Å². The maximum atomic E-state index is 0. The molecule has 5 heteroatoms. The van der Waals surface area contributed by atoms with Gasteiger partial charge in [-0.3, -0.25) is 0 Å². The summed E-state index contributed by atoms with van der Waals surface area (Å²) in [6.45, 7) is 0. The van der Waals surface area contributed by atoms with E-state index in [-0.39, 0.29) is 87.4 Å². The summed E-state index contributed by atoms with van der Waals surface area (Å²) >= 11 is 0. The van der Waals surface area contributed by atoms with Gasteiger partial charge in [0.2, 0.25) is 0 Å². The zero-order valence-electron chi connectivity index (χ0n) is 2.22. The van der Waals surface area contributed by atoms with Crippen LogP contribution in [0.2, 0.25) is 0 Å². The molecule has 0 aliphatic rings. The summed E-state index contributed by atoms with van der Waals surface area (Å²) in [7, 11) is 0. The third kappa shape index (κ3) is 21.4. The molecule has 0 unspecified atom stereocenters. The topological polar surface area (TPSA) is 0 Å². The van der Waals surface area contributed by atoms with Crippen molar-refractivity contribution in [2.75, 3.05) is 0 Å². The van der Waals surface area contributed by atoms with Gasteiger partial charge in [0.15, 0.2) is 0 Å². The van der Waals surface area contributed by atoms with Gasteiger partial charge in [-0.15, -0.1) is 0 Å².